The molecule has 1 fully saturated rings. The van der Waals surface area contributed by atoms with E-state index in [-0.39, 0.29) is 11.3 Å². The van der Waals surface area contributed by atoms with Gasteiger partial charge in [0.15, 0.2) is 6.29 Å². The predicted molar refractivity (Wildman–Crippen MR) is 69.1 cm³/mol. The molecule has 0 aliphatic carbocycles. The van der Waals surface area contributed by atoms with Gasteiger partial charge in [0.1, 0.15) is 0 Å². The molecule has 5 nitrogen and oxygen atoms in total. The summed E-state index contributed by atoms with van der Waals surface area (Å²) in [4.78, 5) is 23.4. The summed E-state index contributed by atoms with van der Waals surface area (Å²) in [6.07, 6.45) is 3.88. The van der Waals surface area contributed by atoms with Crippen LogP contribution < -0.4 is 4.90 Å². The van der Waals surface area contributed by atoms with Gasteiger partial charge in [-0.3, -0.25) is 14.9 Å². The molecule has 96 valence electrons. The summed E-state index contributed by atoms with van der Waals surface area (Å²) < 4.78 is 0. The van der Waals surface area contributed by atoms with Crippen LogP contribution in [-0.2, 0) is 0 Å². The van der Waals surface area contributed by atoms with Crippen molar-refractivity contribution in [2.45, 2.75) is 32.2 Å². The summed E-state index contributed by atoms with van der Waals surface area (Å²) in [6, 6.07) is 5.26. The van der Waals surface area contributed by atoms with E-state index in [4.69, 9.17) is 0 Å². The van der Waals surface area contributed by atoms with Crippen molar-refractivity contribution in [3.63, 3.8) is 0 Å². The number of rotatable bonds is 4. The number of hydrogen-bond donors (Lipinski definition) is 0. The lowest BCUT2D eigenvalue weighted by Crippen LogP contribution is -2.28. The van der Waals surface area contributed by atoms with Crippen molar-refractivity contribution in [1.82, 2.24) is 0 Å². The van der Waals surface area contributed by atoms with Crippen molar-refractivity contribution >= 4 is 17.7 Å². The monoisotopic (exact) mass is 248 g/mol. The van der Waals surface area contributed by atoms with Gasteiger partial charge < -0.3 is 4.90 Å². The number of benzene rings is 1. The quantitative estimate of drug-likeness (QED) is 0.467. The maximum atomic E-state index is 10.9. The lowest BCUT2D eigenvalue weighted by molar-refractivity contribution is -0.385. The van der Waals surface area contributed by atoms with Crippen molar-refractivity contribution < 1.29 is 9.72 Å². The third-order valence-corrected chi connectivity index (χ3v) is 3.51. The van der Waals surface area contributed by atoms with Crippen LogP contribution in [0, 0.1) is 10.1 Å². The van der Waals surface area contributed by atoms with E-state index >= 15 is 0 Å². The Morgan fingerprint density at radius 2 is 2.33 bits per heavy atom. The number of hydrogen-bond acceptors (Lipinski definition) is 4. The van der Waals surface area contributed by atoms with Gasteiger partial charge in [-0.25, -0.2) is 0 Å². The number of nitrogens with zero attached hydrogens (tertiary/aromatic N) is 2. The van der Waals surface area contributed by atoms with Crippen LogP contribution in [0.1, 0.15) is 36.5 Å². The maximum Gasteiger partial charge on any atom is 0.280 e. The van der Waals surface area contributed by atoms with Crippen LogP contribution in [0.15, 0.2) is 18.2 Å². The molecule has 0 saturated carbocycles. The average Bonchev–Trinajstić information content (AvgIpc) is 2.86. The number of nitro benzene ring substituents is 1. The van der Waals surface area contributed by atoms with Gasteiger partial charge in [0.25, 0.3) is 5.69 Å². The number of aldehydes is 1. The second-order valence-electron chi connectivity index (χ2n) is 4.52. The zero-order chi connectivity index (χ0) is 13.1. The Labute approximate surface area is 106 Å². The molecule has 0 aromatic heterocycles. The summed E-state index contributed by atoms with van der Waals surface area (Å²) in [5.74, 6) is 0. The highest BCUT2D eigenvalue weighted by atomic mass is 16.6. The fraction of sp³-hybridized carbons (Fsp3) is 0.462. The SMILES string of the molecule is CCC1CCCN1c1ccc([N+](=O)[O-])c(C=O)c1. The highest BCUT2D eigenvalue weighted by Crippen LogP contribution is 2.30. The Bertz CT molecular complexity index is 473. The molecule has 5 heteroatoms. The molecule has 0 radical (unpaired) electrons. The standard InChI is InChI=1S/C13H16N2O3/c1-2-11-4-3-7-14(11)12-5-6-13(15(17)18)10(8-12)9-16/h5-6,8-9,11H,2-4,7H2,1H3. The Morgan fingerprint density at radius 3 is 2.94 bits per heavy atom. The maximum absolute atomic E-state index is 10.9. The Morgan fingerprint density at radius 1 is 1.56 bits per heavy atom. The summed E-state index contributed by atoms with van der Waals surface area (Å²) in [7, 11) is 0. The minimum absolute atomic E-state index is 0.124. The normalized spacial score (nSPS) is 18.9. The van der Waals surface area contributed by atoms with Crippen molar-refractivity contribution in [1.29, 1.82) is 0 Å². The number of carbonyl (C=O) groups is 1. The van der Waals surface area contributed by atoms with Gasteiger partial charge in [0.2, 0.25) is 0 Å². The minimum atomic E-state index is -0.519. The molecule has 1 aliphatic heterocycles. The van der Waals surface area contributed by atoms with Gasteiger partial charge in [-0.15, -0.1) is 0 Å². The van der Waals surface area contributed by atoms with Crippen LogP contribution in [0.5, 0.6) is 0 Å². The van der Waals surface area contributed by atoms with E-state index < -0.39 is 4.92 Å². The first-order chi connectivity index (χ1) is 8.67. The first kappa shape index (κ1) is 12.5. The molecule has 1 aliphatic rings. The molecule has 2 rings (SSSR count). The molecule has 18 heavy (non-hydrogen) atoms. The molecule has 1 aromatic carbocycles. The van der Waals surface area contributed by atoms with E-state index in [9.17, 15) is 14.9 Å². The van der Waals surface area contributed by atoms with Crippen LogP contribution in [0.3, 0.4) is 0 Å². The lowest BCUT2D eigenvalue weighted by atomic mass is 10.1. The molecule has 1 atom stereocenters. The molecule has 1 saturated heterocycles. The molecular formula is C13H16N2O3. The lowest BCUT2D eigenvalue weighted by Gasteiger charge is -2.26. The Balaban J connectivity index is 2.35. The van der Waals surface area contributed by atoms with Gasteiger partial charge in [0, 0.05) is 24.3 Å². The smallest absolute Gasteiger partial charge is 0.280 e. The van der Waals surface area contributed by atoms with Crippen LogP contribution in [0.4, 0.5) is 11.4 Å². The summed E-state index contributed by atoms with van der Waals surface area (Å²) in [5, 5.41) is 10.8. The van der Waals surface area contributed by atoms with E-state index in [0.29, 0.717) is 12.3 Å². The predicted octanol–water partition coefficient (Wildman–Crippen LogP) is 2.79. The second-order valence-corrected chi connectivity index (χ2v) is 4.52. The third-order valence-electron chi connectivity index (χ3n) is 3.51. The van der Waals surface area contributed by atoms with Crippen molar-refractivity contribution in [3.05, 3.63) is 33.9 Å². The van der Waals surface area contributed by atoms with Gasteiger partial charge >= 0.3 is 0 Å². The third kappa shape index (κ3) is 2.20. The zero-order valence-corrected chi connectivity index (χ0v) is 10.3. The van der Waals surface area contributed by atoms with E-state index in [1.807, 2.05) is 0 Å². The molecule has 0 N–H and O–H groups in total. The number of carbonyl (C=O) groups excluding carboxylic acids is 1. The number of nitro groups is 1. The van der Waals surface area contributed by atoms with Gasteiger partial charge in [0.05, 0.1) is 10.5 Å². The van der Waals surface area contributed by atoms with Crippen LogP contribution in [0.2, 0.25) is 0 Å². The fourth-order valence-electron chi connectivity index (χ4n) is 2.58. The fourth-order valence-corrected chi connectivity index (χ4v) is 2.58. The molecule has 1 aromatic rings. The summed E-state index contributed by atoms with van der Waals surface area (Å²) in [5.41, 5.74) is 0.937. The zero-order valence-electron chi connectivity index (χ0n) is 10.3. The molecule has 0 amide bonds. The first-order valence-electron chi connectivity index (χ1n) is 6.17. The summed E-state index contributed by atoms with van der Waals surface area (Å²) >= 11 is 0. The van der Waals surface area contributed by atoms with Crippen molar-refractivity contribution in [2.24, 2.45) is 0 Å². The molecular weight excluding hydrogens is 232 g/mol. The van der Waals surface area contributed by atoms with Crippen molar-refractivity contribution in [3.8, 4) is 0 Å². The Hall–Kier alpha value is -1.91. The van der Waals surface area contributed by atoms with Crippen LogP contribution >= 0.6 is 0 Å². The van der Waals surface area contributed by atoms with E-state index in [2.05, 4.69) is 11.8 Å². The highest BCUT2D eigenvalue weighted by molar-refractivity contribution is 5.83. The largest absolute Gasteiger partial charge is 0.369 e. The van der Waals surface area contributed by atoms with Gasteiger partial charge in [-0.2, -0.15) is 0 Å². The number of anilines is 1. The van der Waals surface area contributed by atoms with Crippen LogP contribution in [-0.4, -0.2) is 23.8 Å². The second kappa shape index (κ2) is 5.16. The van der Waals surface area contributed by atoms with Crippen molar-refractivity contribution in [2.75, 3.05) is 11.4 Å². The minimum Gasteiger partial charge on any atom is -0.369 e. The topological polar surface area (TPSA) is 63.4 Å². The first-order valence-corrected chi connectivity index (χ1v) is 6.17. The molecule has 0 spiro atoms. The Kier molecular flexibility index (Phi) is 3.60. The summed E-state index contributed by atoms with van der Waals surface area (Å²) in [6.45, 7) is 3.09. The van der Waals surface area contributed by atoms with E-state index in [1.54, 1.807) is 12.1 Å². The average molecular weight is 248 g/mol. The highest BCUT2D eigenvalue weighted by Gasteiger charge is 2.24. The van der Waals surface area contributed by atoms with Gasteiger partial charge in [-0.05, 0) is 31.4 Å². The van der Waals surface area contributed by atoms with Gasteiger partial charge in [-0.1, -0.05) is 6.92 Å². The molecule has 1 heterocycles. The van der Waals surface area contributed by atoms with E-state index in [0.717, 1.165) is 31.5 Å². The van der Waals surface area contributed by atoms with Crippen LogP contribution in [0.25, 0.3) is 0 Å². The molecule has 1 unspecified atom stereocenters. The molecule has 0 bridgehead atoms. The van der Waals surface area contributed by atoms with E-state index in [1.165, 1.54) is 6.07 Å².